The van der Waals surface area contributed by atoms with Gasteiger partial charge in [0.2, 0.25) is 5.91 Å². The van der Waals surface area contributed by atoms with Gasteiger partial charge in [0.1, 0.15) is 16.5 Å². The zero-order valence-electron chi connectivity index (χ0n) is 13.7. The third-order valence-electron chi connectivity index (χ3n) is 4.16. The lowest BCUT2D eigenvalue weighted by Gasteiger charge is -2.22. The lowest BCUT2D eigenvalue weighted by Crippen LogP contribution is -2.22. The molecule has 0 saturated carbocycles. The van der Waals surface area contributed by atoms with E-state index in [1.807, 2.05) is 4.90 Å². The molecule has 0 aromatic heterocycles. The Morgan fingerprint density at radius 1 is 1.08 bits per heavy atom. The number of sulfonamides is 1. The number of anilines is 2. The topological polar surface area (TPSA) is 92.5 Å². The first kappa shape index (κ1) is 18.1. The minimum absolute atomic E-state index is 0.116. The van der Waals surface area contributed by atoms with Crippen LogP contribution in [-0.2, 0) is 10.0 Å². The highest BCUT2D eigenvalue weighted by Gasteiger charge is 2.24. The summed E-state index contributed by atoms with van der Waals surface area (Å²) in [6.07, 6.45) is 1.91. The monoisotopic (exact) mass is 381 g/mol. The van der Waals surface area contributed by atoms with E-state index in [1.54, 1.807) is 6.07 Å². The van der Waals surface area contributed by atoms with Crippen molar-refractivity contribution in [3.8, 4) is 0 Å². The molecule has 1 aliphatic heterocycles. The molecule has 1 saturated heterocycles. The lowest BCUT2D eigenvalue weighted by atomic mass is 10.1. The Morgan fingerprint density at radius 3 is 2.38 bits per heavy atom. The average Bonchev–Trinajstić information content (AvgIpc) is 3.08. The predicted molar refractivity (Wildman–Crippen MR) is 93.6 cm³/mol. The smallest absolute Gasteiger partial charge is 0.264 e. The quantitative estimate of drug-likeness (QED) is 0.832. The van der Waals surface area contributed by atoms with Crippen molar-refractivity contribution < 1.29 is 22.0 Å². The van der Waals surface area contributed by atoms with Gasteiger partial charge in [-0.05, 0) is 43.2 Å². The Morgan fingerprint density at radius 2 is 1.77 bits per heavy atom. The van der Waals surface area contributed by atoms with Gasteiger partial charge < -0.3 is 10.6 Å². The maximum atomic E-state index is 13.9. The van der Waals surface area contributed by atoms with Gasteiger partial charge in [-0.25, -0.2) is 17.2 Å². The van der Waals surface area contributed by atoms with Crippen LogP contribution in [0.25, 0.3) is 0 Å². The summed E-state index contributed by atoms with van der Waals surface area (Å²) in [5.41, 5.74) is 6.07. The number of rotatable bonds is 5. The first-order valence-corrected chi connectivity index (χ1v) is 9.43. The predicted octanol–water partition coefficient (Wildman–Crippen LogP) is 2.46. The number of nitrogens with two attached hydrogens (primary N) is 1. The number of carbonyl (C=O) groups is 1. The number of nitrogens with one attached hydrogen (secondary N) is 1. The molecule has 0 bridgehead atoms. The number of nitrogens with zero attached hydrogens (tertiary/aromatic N) is 1. The van der Waals surface area contributed by atoms with Crippen LogP contribution in [0.15, 0.2) is 41.3 Å². The largest absolute Gasteiger partial charge is 0.370 e. The number of primary amides is 1. The van der Waals surface area contributed by atoms with Gasteiger partial charge in [0.05, 0.1) is 11.4 Å². The minimum Gasteiger partial charge on any atom is -0.370 e. The van der Waals surface area contributed by atoms with E-state index in [9.17, 15) is 22.0 Å². The Bertz CT molecular complexity index is 958. The molecule has 2 aromatic rings. The molecule has 9 heteroatoms. The van der Waals surface area contributed by atoms with E-state index in [4.69, 9.17) is 5.73 Å². The third-order valence-corrected chi connectivity index (χ3v) is 5.55. The normalized spacial score (nSPS) is 14.5. The van der Waals surface area contributed by atoms with E-state index in [-0.39, 0.29) is 11.3 Å². The number of benzene rings is 2. The summed E-state index contributed by atoms with van der Waals surface area (Å²) in [4.78, 5) is 12.7. The molecule has 0 atom stereocenters. The van der Waals surface area contributed by atoms with E-state index in [0.29, 0.717) is 11.8 Å². The molecule has 1 fully saturated rings. The van der Waals surface area contributed by atoms with Crippen molar-refractivity contribution in [2.24, 2.45) is 5.73 Å². The van der Waals surface area contributed by atoms with Crippen LogP contribution in [0.5, 0.6) is 0 Å². The zero-order chi connectivity index (χ0) is 18.9. The fourth-order valence-corrected chi connectivity index (χ4v) is 4.02. The summed E-state index contributed by atoms with van der Waals surface area (Å²) < 4.78 is 54.4. The Kier molecular flexibility index (Phi) is 4.82. The van der Waals surface area contributed by atoms with Gasteiger partial charge in [-0.15, -0.1) is 0 Å². The number of hydrogen-bond donors (Lipinski definition) is 2. The van der Waals surface area contributed by atoms with Crippen molar-refractivity contribution in [2.75, 3.05) is 22.7 Å². The second-order valence-electron chi connectivity index (χ2n) is 5.97. The summed E-state index contributed by atoms with van der Waals surface area (Å²) in [5.74, 6) is -2.80. The first-order chi connectivity index (χ1) is 12.3. The van der Waals surface area contributed by atoms with E-state index < -0.39 is 32.5 Å². The van der Waals surface area contributed by atoms with Crippen LogP contribution >= 0.6 is 0 Å². The van der Waals surface area contributed by atoms with Crippen LogP contribution in [0.3, 0.4) is 0 Å². The lowest BCUT2D eigenvalue weighted by molar-refractivity contribution is 0.100. The number of carbonyl (C=O) groups excluding carboxylic acids is 1. The van der Waals surface area contributed by atoms with E-state index in [1.165, 1.54) is 12.1 Å². The molecule has 6 nitrogen and oxygen atoms in total. The third kappa shape index (κ3) is 3.62. The van der Waals surface area contributed by atoms with Crippen molar-refractivity contribution in [1.82, 2.24) is 0 Å². The molecule has 138 valence electrons. The molecular weight excluding hydrogens is 364 g/mol. The highest BCUT2D eigenvalue weighted by molar-refractivity contribution is 7.92. The van der Waals surface area contributed by atoms with Gasteiger partial charge in [0, 0.05) is 24.7 Å². The molecule has 1 heterocycles. The van der Waals surface area contributed by atoms with Gasteiger partial charge in [-0.1, -0.05) is 0 Å². The van der Waals surface area contributed by atoms with E-state index in [0.717, 1.165) is 38.1 Å². The summed E-state index contributed by atoms with van der Waals surface area (Å²) in [6.45, 7) is 1.46. The van der Waals surface area contributed by atoms with Crippen LogP contribution in [0.1, 0.15) is 23.2 Å². The Balaban J connectivity index is 2.03. The summed E-state index contributed by atoms with van der Waals surface area (Å²) in [5, 5.41) is 0. The van der Waals surface area contributed by atoms with Gasteiger partial charge in [0.15, 0.2) is 0 Å². The van der Waals surface area contributed by atoms with Crippen molar-refractivity contribution in [3.05, 3.63) is 53.6 Å². The van der Waals surface area contributed by atoms with Gasteiger partial charge in [-0.2, -0.15) is 0 Å². The number of halogens is 2. The molecule has 0 spiro atoms. The van der Waals surface area contributed by atoms with Crippen LogP contribution in [0.4, 0.5) is 20.2 Å². The molecule has 0 aliphatic carbocycles. The van der Waals surface area contributed by atoms with Crippen molar-refractivity contribution in [2.45, 2.75) is 17.7 Å². The van der Waals surface area contributed by atoms with Crippen molar-refractivity contribution in [1.29, 1.82) is 0 Å². The molecule has 2 aromatic carbocycles. The van der Waals surface area contributed by atoms with Gasteiger partial charge in [0.25, 0.3) is 10.0 Å². The molecule has 3 rings (SSSR count). The van der Waals surface area contributed by atoms with Crippen LogP contribution in [0, 0.1) is 11.6 Å². The number of hydrogen-bond acceptors (Lipinski definition) is 4. The second-order valence-corrected chi connectivity index (χ2v) is 7.62. The fourth-order valence-electron chi connectivity index (χ4n) is 2.90. The van der Waals surface area contributed by atoms with E-state index >= 15 is 0 Å². The molecular formula is C17H17F2N3O3S. The molecule has 3 N–H and O–H groups in total. The number of amides is 1. The zero-order valence-corrected chi connectivity index (χ0v) is 14.5. The molecule has 26 heavy (non-hydrogen) atoms. The first-order valence-electron chi connectivity index (χ1n) is 7.94. The highest BCUT2D eigenvalue weighted by atomic mass is 32.2. The summed E-state index contributed by atoms with van der Waals surface area (Å²) in [7, 11) is -4.33. The average molecular weight is 381 g/mol. The Hall–Kier alpha value is -2.68. The van der Waals surface area contributed by atoms with Crippen molar-refractivity contribution >= 4 is 27.3 Å². The summed E-state index contributed by atoms with van der Waals surface area (Å²) in [6, 6.07) is 6.63. The molecule has 0 unspecified atom stereocenters. The van der Waals surface area contributed by atoms with Crippen LogP contribution in [0.2, 0.25) is 0 Å². The molecule has 1 amide bonds. The molecule has 1 aliphatic rings. The Labute approximate surface area is 149 Å². The maximum absolute atomic E-state index is 13.9. The fraction of sp³-hybridized carbons (Fsp3) is 0.235. The van der Waals surface area contributed by atoms with Crippen molar-refractivity contribution in [3.63, 3.8) is 0 Å². The summed E-state index contributed by atoms with van der Waals surface area (Å²) >= 11 is 0. The standard InChI is InChI=1S/C17H17F2N3O3S/c18-12-4-6-16(13(19)10-12)26(24,25)21-14-9-11(17(20)23)3-5-15(14)22-7-1-2-8-22/h3-6,9-10,21H,1-2,7-8H2,(H2,20,23). The SMILES string of the molecule is NC(=O)c1ccc(N2CCCC2)c(NS(=O)(=O)c2ccc(F)cc2F)c1. The van der Waals surface area contributed by atoms with Crippen LogP contribution < -0.4 is 15.4 Å². The minimum atomic E-state index is -4.33. The molecule has 0 radical (unpaired) electrons. The van der Waals surface area contributed by atoms with Gasteiger partial charge >= 0.3 is 0 Å². The highest BCUT2D eigenvalue weighted by Crippen LogP contribution is 2.32. The van der Waals surface area contributed by atoms with E-state index in [2.05, 4.69) is 4.72 Å². The van der Waals surface area contributed by atoms with Gasteiger partial charge in [-0.3, -0.25) is 9.52 Å². The van der Waals surface area contributed by atoms with Crippen LogP contribution in [-0.4, -0.2) is 27.4 Å². The second kappa shape index (κ2) is 6.91. The maximum Gasteiger partial charge on any atom is 0.264 e.